The molecule has 0 radical (unpaired) electrons. The third-order valence-corrected chi connectivity index (χ3v) is 5.51. The van der Waals surface area contributed by atoms with Crippen LogP contribution < -0.4 is 11.2 Å². The predicted octanol–water partition coefficient (Wildman–Crippen LogP) is 4.29. The van der Waals surface area contributed by atoms with E-state index in [1.165, 1.54) is 4.57 Å². The Labute approximate surface area is 180 Å². The van der Waals surface area contributed by atoms with E-state index in [2.05, 4.69) is 11.1 Å². The van der Waals surface area contributed by atoms with E-state index in [-0.39, 0.29) is 23.8 Å². The second kappa shape index (κ2) is 8.56. The zero-order chi connectivity index (χ0) is 22.0. The van der Waals surface area contributed by atoms with Crippen molar-refractivity contribution >= 4 is 16.6 Å². The van der Waals surface area contributed by atoms with Crippen LogP contribution in [0.15, 0.2) is 82.4 Å². The van der Waals surface area contributed by atoms with Crippen LogP contribution >= 0.6 is 0 Å². The van der Waals surface area contributed by atoms with E-state index in [1.54, 1.807) is 24.3 Å². The highest BCUT2D eigenvalue weighted by molar-refractivity contribution is 5.95. The van der Waals surface area contributed by atoms with E-state index in [1.807, 2.05) is 56.3 Å². The predicted molar refractivity (Wildman–Crippen MR) is 123 cm³/mol. The van der Waals surface area contributed by atoms with Crippen molar-refractivity contribution in [1.29, 1.82) is 0 Å². The van der Waals surface area contributed by atoms with Gasteiger partial charge in [-0.15, -0.1) is 0 Å². The number of fused-ring (bicyclic) bond motifs is 1. The SMILES string of the molecule is CC(C)c1c(Cc2ccc3ccccc3c2)n(CC(=O)c2ccccc2)c(=O)[nH]c1=O. The van der Waals surface area contributed by atoms with Gasteiger partial charge in [-0.1, -0.05) is 86.6 Å². The Bertz CT molecular complexity index is 1370. The molecule has 0 aliphatic heterocycles. The number of aromatic amines is 1. The Morgan fingerprint density at radius 1 is 0.903 bits per heavy atom. The standard InChI is InChI=1S/C26H24N2O3/c1-17(2)24-22(15-18-12-13-19-8-6-7-11-21(19)14-18)28(26(31)27-25(24)30)16-23(29)20-9-4-3-5-10-20/h3-14,17H,15-16H2,1-2H3,(H,27,30,31). The highest BCUT2D eigenvalue weighted by atomic mass is 16.2. The van der Waals surface area contributed by atoms with Crippen molar-refractivity contribution in [3.8, 4) is 0 Å². The summed E-state index contributed by atoms with van der Waals surface area (Å²) in [7, 11) is 0. The number of Topliss-reactive ketones (excluding diaryl/α,β-unsaturated/α-hetero) is 1. The van der Waals surface area contributed by atoms with Gasteiger partial charge in [-0.2, -0.15) is 0 Å². The molecule has 5 heteroatoms. The van der Waals surface area contributed by atoms with Crippen molar-refractivity contribution in [2.45, 2.75) is 32.7 Å². The summed E-state index contributed by atoms with van der Waals surface area (Å²) in [5.74, 6) is -0.276. The monoisotopic (exact) mass is 412 g/mol. The summed E-state index contributed by atoms with van der Waals surface area (Å²) < 4.78 is 1.42. The fourth-order valence-electron chi connectivity index (χ4n) is 3.99. The van der Waals surface area contributed by atoms with E-state index >= 15 is 0 Å². The number of nitrogens with zero attached hydrogens (tertiary/aromatic N) is 1. The molecular formula is C26H24N2O3. The number of ketones is 1. The minimum Gasteiger partial charge on any atom is -0.292 e. The number of hydrogen-bond donors (Lipinski definition) is 1. The average molecular weight is 412 g/mol. The maximum Gasteiger partial charge on any atom is 0.328 e. The fraction of sp³-hybridized carbons (Fsp3) is 0.192. The molecule has 3 aromatic carbocycles. The van der Waals surface area contributed by atoms with Crippen LogP contribution in [0.1, 0.15) is 46.9 Å². The maximum absolute atomic E-state index is 12.9. The number of benzene rings is 3. The number of rotatable bonds is 6. The molecule has 4 aromatic rings. The highest BCUT2D eigenvalue weighted by Gasteiger charge is 2.20. The van der Waals surface area contributed by atoms with E-state index in [4.69, 9.17) is 0 Å². The number of aromatic nitrogens is 2. The molecule has 0 bridgehead atoms. The second-order valence-electron chi connectivity index (χ2n) is 8.01. The molecule has 1 N–H and O–H groups in total. The third-order valence-electron chi connectivity index (χ3n) is 5.51. The summed E-state index contributed by atoms with van der Waals surface area (Å²) in [6.45, 7) is 3.72. The van der Waals surface area contributed by atoms with Gasteiger partial charge in [0.05, 0.1) is 6.54 Å². The van der Waals surface area contributed by atoms with Crippen LogP contribution in [0.2, 0.25) is 0 Å². The number of hydrogen-bond acceptors (Lipinski definition) is 3. The quantitative estimate of drug-likeness (QED) is 0.480. The van der Waals surface area contributed by atoms with Crippen LogP contribution in [0.4, 0.5) is 0 Å². The van der Waals surface area contributed by atoms with Gasteiger partial charge < -0.3 is 0 Å². The van der Waals surface area contributed by atoms with Crippen molar-refractivity contribution in [2.24, 2.45) is 0 Å². The largest absolute Gasteiger partial charge is 0.328 e. The molecule has 4 rings (SSSR count). The van der Waals surface area contributed by atoms with Gasteiger partial charge in [-0.25, -0.2) is 4.79 Å². The van der Waals surface area contributed by atoms with Gasteiger partial charge in [0.25, 0.3) is 5.56 Å². The average Bonchev–Trinajstić information content (AvgIpc) is 2.76. The number of nitrogens with one attached hydrogen (secondary N) is 1. The van der Waals surface area contributed by atoms with Crippen LogP contribution in [-0.4, -0.2) is 15.3 Å². The molecule has 5 nitrogen and oxygen atoms in total. The van der Waals surface area contributed by atoms with Crippen molar-refractivity contribution in [3.63, 3.8) is 0 Å². The highest BCUT2D eigenvalue weighted by Crippen LogP contribution is 2.21. The molecule has 0 aliphatic carbocycles. The molecular weight excluding hydrogens is 388 g/mol. The molecule has 0 saturated heterocycles. The lowest BCUT2D eigenvalue weighted by molar-refractivity contribution is 0.0969. The smallest absolute Gasteiger partial charge is 0.292 e. The summed E-state index contributed by atoms with van der Waals surface area (Å²) in [5.41, 5.74) is 1.68. The van der Waals surface area contributed by atoms with E-state index in [0.29, 0.717) is 23.2 Å². The van der Waals surface area contributed by atoms with Crippen LogP contribution in [0, 0.1) is 0 Å². The minimum absolute atomic E-state index is 0.0992. The van der Waals surface area contributed by atoms with Crippen LogP contribution in [0.25, 0.3) is 10.8 Å². The topological polar surface area (TPSA) is 71.9 Å². The molecule has 0 saturated carbocycles. The van der Waals surface area contributed by atoms with Gasteiger partial charge in [0.15, 0.2) is 5.78 Å². The van der Waals surface area contributed by atoms with Crippen LogP contribution in [-0.2, 0) is 13.0 Å². The Hall–Kier alpha value is -3.73. The van der Waals surface area contributed by atoms with Gasteiger partial charge in [0.2, 0.25) is 0 Å². The molecule has 0 amide bonds. The van der Waals surface area contributed by atoms with E-state index in [0.717, 1.165) is 16.3 Å². The van der Waals surface area contributed by atoms with Crippen molar-refractivity contribution < 1.29 is 4.79 Å². The zero-order valence-corrected chi connectivity index (χ0v) is 17.6. The first-order valence-electron chi connectivity index (χ1n) is 10.4. The molecule has 1 heterocycles. The van der Waals surface area contributed by atoms with Crippen LogP contribution in [0.3, 0.4) is 0 Å². The summed E-state index contributed by atoms with van der Waals surface area (Å²) in [4.78, 5) is 40.7. The Morgan fingerprint density at radius 2 is 1.58 bits per heavy atom. The van der Waals surface area contributed by atoms with Gasteiger partial charge in [0, 0.05) is 23.2 Å². The molecule has 0 unspecified atom stereocenters. The lowest BCUT2D eigenvalue weighted by Crippen LogP contribution is -2.37. The molecule has 0 atom stereocenters. The van der Waals surface area contributed by atoms with Gasteiger partial charge >= 0.3 is 5.69 Å². The third kappa shape index (κ3) is 4.26. The first-order chi connectivity index (χ1) is 14.9. The molecule has 0 fully saturated rings. The Balaban J connectivity index is 1.82. The molecule has 0 aliphatic rings. The Kier molecular flexibility index (Phi) is 5.67. The molecule has 156 valence electrons. The Morgan fingerprint density at radius 3 is 2.29 bits per heavy atom. The first-order valence-corrected chi connectivity index (χ1v) is 10.4. The number of carbonyl (C=O) groups is 1. The summed E-state index contributed by atoms with van der Waals surface area (Å²) in [5, 5.41) is 2.21. The number of H-pyrrole nitrogens is 1. The molecule has 1 aromatic heterocycles. The summed E-state index contributed by atoms with van der Waals surface area (Å²) in [6.07, 6.45) is 0.388. The van der Waals surface area contributed by atoms with Gasteiger partial charge in [-0.05, 0) is 22.3 Å². The van der Waals surface area contributed by atoms with E-state index < -0.39 is 5.69 Å². The normalized spacial score (nSPS) is 11.2. The van der Waals surface area contributed by atoms with Crippen molar-refractivity contribution in [1.82, 2.24) is 9.55 Å². The first kappa shape index (κ1) is 20.5. The van der Waals surface area contributed by atoms with Crippen molar-refractivity contribution in [3.05, 3.63) is 116 Å². The lowest BCUT2D eigenvalue weighted by Gasteiger charge is -2.18. The summed E-state index contributed by atoms with van der Waals surface area (Å²) in [6, 6.07) is 23.0. The fourth-order valence-corrected chi connectivity index (χ4v) is 3.99. The zero-order valence-electron chi connectivity index (χ0n) is 17.6. The summed E-state index contributed by atoms with van der Waals surface area (Å²) >= 11 is 0. The van der Waals surface area contributed by atoms with E-state index in [9.17, 15) is 14.4 Å². The van der Waals surface area contributed by atoms with Crippen molar-refractivity contribution in [2.75, 3.05) is 0 Å². The van der Waals surface area contributed by atoms with Crippen LogP contribution in [0.5, 0.6) is 0 Å². The number of carbonyl (C=O) groups excluding carboxylic acids is 1. The molecule has 31 heavy (non-hydrogen) atoms. The van der Waals surface area contributed by atoms with Gasteiger partial charge in [0.1, 0.15) is 0 Å². The lowest BCUT2D eigenvalue weighted by atomic mass is 9.96. The van der Waals surface area contributed by atoms with Gasteiger partial charge in [-0.3, -0.25) is 19.1 Å². The maximum atomic E-state index is 12.9. The minimum atomic E-state index is -0.561. The molecule has 0 spiro atoms. The second-order valence-corrected chi connectivity index (χ2v) is 8.01.